The van der Waals surface area contributed by atoms with Crippen LogP contribution in [0.3, 0.4) is 0 Å². The number of aliphatic hydroxyl groups is 1. The maximum Gasteiger partial charge on any atom is 0.234 e. The lowest BCUT2D eigenvalue weighted by Gasteiger charge is -2.48. The van der Waals surface area contributed by atoms with E-state index in [0.717, 1.165) is 19.3 Å². The number of nitrogens with two attached hydrogens (primary N) is 1. The summed E-state index contributed by atoms with van der Waals surface area (Å²) in [6, 6.07) is 8.86. The molecule has 2 aliphatic heterocycles. The summed E-state index contributed by atoms with van der Waals surface area (Å²) in [5.41, 5.74) is 8.30. The molecule has 1 aromatic rings. The molecule has 0 aromatic heterocycles. The highest BCUT2D eigenvalue weighted by Gasteiger charge is 2.51. The Morgan fingerprint density at radius 2 is 2.08 bits per heavy atom. The van der Waals surface area contributed by atoms with Crippen molar-refractivity contribution in [2.75, 3.05) is 0 Å². The molecule has 7 unspecified atom stereocenters. The fraction of sp³-hybridized carbons (Fsp3) is 0.550. The summed E-state index contributed by atoms with van der Waals surface area (Å²) in [6.07, 6.45) is 4.29. The van der Waals surface area contributed by atoms with Crippen molar-refractivity contribution >= 4 is 17.7 Å². The summed E-state index contributed by atoms with van der Waals surface area (Å²) in [5.74, 6) is 0.702. The molecule has 2 heterocycles. The van der Waals surface area contributed by atoms with Crippen molar-refractivity contribution in [1.82, 2.24) is 5.32 Å². The van der Waals surface area contributed by atoms with Crippen molar-refractivity contribution in [3.05, 3.63) is 46.9 Å². The Labute approximate surface area is 153 Å². The normalized spacial score (nSPS) is 38.0. The standard InChI is InChI=1S/C20H26N2O2S/c1-11(21)10-12-2-4-13(5-3-12)17-16(23)7-6-15-18(17)14-8-9-25-19(14)20(24)22-15/h2-5,8-9,11,14-19,23H,6-7,10,21H2,1H3,(H,22,24). The van der Waals surface area contributed by atoms with E-state index in [1.54, 1.807) is 11.8 Å². The lowest BCUT2D eigenvalue weighted by molar-refractivity contribution is -0.126. The van der Waals surface area contributed by atoms with Gasteiger partial charge in [-0.25, -0.2) is 0 Å². The number of piperidine rings is 1. The molecule has 2 fully saturated rings. The molecular weight excluding hydrogens is 332 g/mol. The first-order valence-corrected chi connectivity index (χ1v) is 10.1. The molecule has 134 valence electrons. The molecule has 3 aliphatic rings. The van der Waals surface area contributed by atoms with Crippen molar-refractivity contribution in [3.63, 3.8) is 0 Å². The van der Waals surface area contributed by atoms with Crippen molar-refractivity contribution in [2.24, 2.45) is 17.6 Å². The molecule has 4 rings (SSSR count). The minimum atomic E-state index is -0.352. The van der Waals surface area contributed by atoms with Gasteiger partial charge in [0.1, 0.15) is 0 Å². The van der Waals surface area contributed by atoms with Crippen LogP contribution in [0.5, 0.6) is 0 Å². The zero-order valence-corrected chi connectivity index (χ0v) is 15.3. The molecule has 1 aromatic carbocycles. The quantitative estimate of drug-likeness (QED) is 0.774. The van der Waals surface area contributed by atoms with Crippen molar-refractivity contribution in [1.29, 1.82) is 0 Å². The number of rotatable bonds is 3. The van der Waals surface area contributed by atoms with Gasteiger partial charge in [0, 0.05) is 23.9 Å². The number of nitrogens with one attached hydrogen (secondary N) is 1. The van der Waals surface area contributed by atoms with Gasteiger partial charge >= 0.3 is 0 Å². The third-order valence-corrected chi connectivity index (χ3v) is 7.03. The molecule has 0 bridgehead atoms. The first-order valence-electron chi connectivity index (χ1n) is 9.19. The fourth-order valence-electron chi connectivity index (χ4n) is 4.84. The maximum atomic E-state index is 12.4. The first kappa shape index (κ1) is 17.1. The summed E-state index contributed by atoms with van der Waals surface area (Å²) in [6.45, 7) is 2.01. The van der Waals surface area contributed by atoms with Crippen LogP contribution in [0.15, 0.2) is 35.7 Å². The van der Waals surface area contributed by atoms with Crippen molar-refractivity contribution < 1.29 is 9.90 Å². The third kappa shape index (κ3) is 3.14. The Morgan fingerprint density at radius 3 is 2.80 bits per heavy atom. The van der Waals surface area contributed by atoms with Crippen LogP contribution in [-0.2, 0) is 11.2 Å². The summed E-state index contributed by atoms with van der Waals surface area (Å²) in [5, 5.41) is 16.0. The summed E-state index contributed by atoms with van der Waals surface area (Å²) in [4.78, 5) is 12.4. The van der Waals surface area contributed by atoms with E-state index < -0.39 is 0 Å². The van der Waals surface area contributed by atoms with E-state index in [1.807, 2.05) is 6.92 Å². The number of aliphatic hydroxyl groups excluding tert-OH is 1. The van der Waals surface area contributed by atoms with Gasteiger partial charge in [-0.1, -0.05) is 30.3 Å². The molecule has 1 amide bonds. The van der Waals surface area contributed by atoms with E-state index in [-0.39, 0.29) is 47.1 Å². The molecule has 25 heavy (non-hydrogen) atoms. The van der Waals surface area contributed by atoms with Gasteiger partial charge in [-0.05, 0) is 48.6 Å². The van der Waals surface area contributed by atoms with Gasteiger partial charge in [-0.15, -0.1) is 11.8 Å². The molecule has 5 heteroatoms. The number of allylic oxidation sites excluding steroid dienone is 1. The van der Waals surface area contributed by atoms with Crippen LogP contribution in [0.2, 0.25) is 0 Å². The second-order valence-corrected chi connectivity index (χ2v) is 8.80. The molecule has 1 saturated carbocycles. The number of hydrogen-bond donors (Lipinski definition) is 3. The molecule has 1 aliphatic carbocycles. The number of hydrogen-bond acceptors (Lipinski definition) is 4. The Balaban J connectivity index is 1.64. The molecule has 4 nitrogen and oxygen atoms in total. The highest BCUT2D eigenvalue weighted by atomic mass is 32.2. The smallest absolute Gasteiger partial charge is 0.234 e. The van der Waals surface area contributed by atoms with Gasteiger partial charge in [-0.3, -0.25) is 4.79 Å². The van der Waals surface area contributed by atoms with Gasteiger partial charge in [0.15, 0.2) is 0 Å². The third-order valence-electron chi connectivity index (χ3n) is 5.90. The monoisotopic (exact) mass is 358 g/mol. The lowest BCUT2D eigenvalue weighted by Crippen LogP contribution is -2.59. The number of fused-ring (bicyclic) bond motifs is 3. The summed E-state index contributed by atoms with van der Waals surface area (Å²) in [7, 11) is 0. The van der Waals surface area contributed by atoms with Crippen LogP contribution in [0.25, 0.3) is 0 Å². The summed E-state index contributed by atoms with van der Waals surface area (Å²) < 4.78 is 0. The van der Waals surface area contributed by atoms with E-state index in [2.05, 4.69) is 41.1 Å². The van der Waals surface area contributed by atoms with Crippen molar-refractivity contribution in [3.8, 4) is 0 Å². The number of thioether (sulfide) groups is 1. The second-order valence-electron chi connectivity index (χ2n) is 7.75. The van der Waals surface area contributed by atoms with Gasteiger partial charge < -0.3 is 16.2 Å². The zero-order chi connectivity index (χ0) is 17.6. The number of carbonyl (C=O) groups is 1. The topological polar surface area (TPSA) is 75.3 Å². The van der Waals surface area contributed by atoms with Crippen LogP contribution in [0.1, 0.15) is 36.8 Å². The Morgan fingerprint density at radius 1 is 1.32 bits per heavy atom. The molecule has 7 atom stereocenters. The minimum Gasteiger partial charge on any atom is -0.392 e. The molecule has 0 radical (unpaired) electrons. The van der Waals surface area contributed by atoms with Crippen molar-refractivity contribution in [2.45, 2.75) is 55.5 Å². The predicted molar refractivity (Wildman–Crippen MR) is 101 cm³/mol. The van der Waals surface area contributed by atoms with Crippen LogP contribution >= 0.6 is 11.8 Å². The largest absolute Gasteiger partial charge is 0.392 e. The Bertz CT molecular complexity index is 673. The van der Waals surface area contributed by atoms with Crippen LogP contribution in [-0.4, -0.2) is 34.5 Å². The SMILES string of the molecule is CC(N)Cc1ccc(C2C(O)CCC3NC(=O)C4SC=CC4C32)cc1. The number of amides is 1. The number of carbonyl (C=O) groups excluding carboxylic acids is 1. The average molecular weight is 359 g/mol. The molecule has 0 spiro atoms. The van der Waals surface area contributed by atoms with Gasteiger partial charge in [0.2, 0.25) is 5.91 Å². The predicted octanol–water partition coefficient (Wildman–Crippen LogP) is 2.17. The number of benzene rings is 1. The van der Waals surface area contributed by atoms with Crippen LogP contribution < -0.4 is 11.1 Å². The minimum absolute atomic E-state index is 0.0357. The molecular formula is C20H26N2O2S. The maximum absolute atomic E-state index is 12.4. The highest BCUT2D eigenvalue weighted by Crippen LogP contribution is 2.50. The Kier molecular flexibility index (Phi) is 4.65. The van der Waals surface area contributed by atoms with Crippen LogP contribution in [0, 0.1) is 11.8 Å². The summed E-state index contributed by atoms with van der Waals surface area (Å²) >= 11 is 1.61. The zero-order valence-electron chi connectivity index (χ0n) is 14.5. The first-order chi connectivity index (χ1) is 12.0. The highest BCUT2D eigenvalue weighted by molar-refractivity contribution is 8.03. The van der Waals surface area contributed by atoms with E-state index >= 15 is 0 Å². The van der Waals surface area contributed by atoms with E-state index in [0.29, 0.717) is 0 Å². The van der Waals surface area contributed by atoms with E-state index in [4.69, 9.17) is 5.73 Å². The Hall–Kier alpha value is -1.30. The van der Waals surface area contributed by atoms with Gasteiger partial charge in [0.25, 0.3) is 0 Å². The fourth-order valence-corrected chi connectivity index (χ4v) is 5.93. The van der Waals surface area contributed by atoms with Gasteiger partial charge in [-0.2, -0.15) is 0 Å². The van der Waals surface area contributed by atoms with Gasteiger partial charge in [0.05, 0.1) is 11.4 Å². The van der Waals surface area contributed by atoms with E-state index in [1.165, 1.54) is 11.1 Å². The lowest BCUT2D eigenvalue weighted by atomic mass is 9.63. The molecule has 1 saturated heterocycles. The van der Waals surface area contributed by atoms with Crippen LogP contribution in [0.4, 0.5) is 0 Å². The molecule has 4 N–H and O–H groups in total. The average Bonchev–Trinajstić information content (AvgIpc) is 3.06. The van der Waals surface area contributed by atoms with E-state index in [9.17, 15) is 9.90 Å². The second kappa shape index (κ2) is 6.78.